The fourth-order valence-corrected chi connectivity index (χ4v) is 2.41. The van der Waals surface area contributed by atoms with E-state index in [4.69, 9.17) is 5.73 Å². The van der Waals surface area contributed by atoms with Crippen LogP contribution < -0.4 is 5.73 Å². The number of phenolic OH excluding ortho intramolecular Hbond substituents is 1. The predicted molar refractivity (Wildman–Crippen MR) is 69.2 cm³/mol. The van der Waals surface area contributed by atoms with E-state index in [1.54, 1.807) is 0 Å². The molecule has 1 aromatic heterocycles. The number of hydrogen-bond donors (Lipinski definition) is 3. The number of aromatic hydroxyl groups is 1. The van der Waals surface area contributed by atoms with Gasteiger partial charge in [-0.2, -0.15) is 0 Å². The predicted octanol–water partition coefficient (Wildman–Crippen LogP) is 2.61. The molecule has 0 amide bonds. The second-order valence-corrected chi connectivity index (χ2v) is 5.33. The summed E-state index contributed by atoms with van der Waals surface area (Å²) in [5.41, 5.74) is 9.23. The molecule has 1 aliphatic carbocycles. The third kappa shape index (κ3) is 1.80. The molecule has 0 atom stereocenters. The van der Waals surface area contributed by atoms with Gasteiger partial charge in [-0.05, 0) is 49.8 Å². The molecule has 0 bridgehead atoms. The number of aryl methyl sites for hydroxylation is 2. The van der Waals surface area contributed by atoms with Gasteiger partial charge in [0.05, 0.1) is 0 Å². The molecule has 0 radical (unpaired) electrons. The first-order valence-electron chi connectivity index (χ1n) is 6.16. The van der Waals surface area contributed by atoms with Crippen molar-refractivity contribution < 1.29 is 5.11 Å². The Kier molecular flexibility index (Phi) is 2.20. The van der Waals surface area contributed by atoms with Gasteiger partial charge >= 0.3 is 0 Å². The standard InChI is InChI=1S/C14H18N2O/c1-9-8-16-11-3-2-10(13(17)12(9)11)4-5-14(15)6-7-14/h2-3,8,16-17H,4-7,15H2,1H3. The molecule has 3 rings (SSSR count). The van der Waals surface area contributed by atoms with Crippen LogP contribution in [0.4, 0.5) is 0 Å². The molecule has 90 valence electrons. The van der Waals surface area contributed by atoms with E-state index in [2.05, 4.69) is 4.98 Å². The van der Waals surface area contributed by atoms with Gasteiger partial charge in [-0.3, -0.25) is 0 Å². The van der Waals surface area contributed by atoms with Crippen LogP contribution in [-0.2, 0) is 6.42 Å². The summed E-state index contributed by atoms with van der Waals surface area (Å²) in [5, 5.41) is 11.2. The highest BCUT2D eigenvalue weighted by Gasteiger charge is 2.37. The molecule has 0 unspecified atom stereocenters. The highest BCUT2D eigenvalue weighted by atomic mass is 16.3. The molecule has 1 aromatic carbocycles. The van der Waals surface area contributed by atoms with Crippen LogP contribution in [0.25, 0.3) is 10.9 Å². The first kappa shape index (κ1) is 10.7. The maximum Gasteiger partial charge on any atom is 0.128 e. The molecule has 1 fully saturated rings. The lowest BCUT2D eigenvalue weighted by molar-refractivity contribution is 0.470. The van der Waals surface area contributed by atoms with Crippen LogP contribution in [0.15, 0.2) is 18.3 Å². The summed E-state index contributed by atoms with van der Waals surface area (Å²) >= 11 is 0. The number of aromatic nitrogens is 1. The second-order valence-electron chi connectivity index (χ2n) is 5.33. The molecule has 3 heteroatoms. The summed E-state index contributed by atoms with van der Waals surface area (Å²) in [6.45, 7) is 2.01. The number of nitrogens with one attached hydrogen (secondary N) is 1. The van der Waals surface area contributed by atoms with Crippen molar-refractivity contribution in [3.05, 3.63) is 29.5 Å². The summed E-state index contributed by atoms with van der Waals surface area (Å²) in [5.74, 6) is 0.422. The maximum absolute atomic E-state index is 10.3. The minimum Gasteiger partial charge on any atom is -0.507 e. The van der Waals surface area contributed by atoms with Crippen LogP contribution in [0, 0.1) is 6.92 Å². The van der Waals surface area contributed by atoms with E-state index < -0.39 is 0 Å². The zero-order valence-electron chi connectivity index (χ0n) is 10.1. The van der Waals surface area contributed by atoms with E-state index in [-0.39, 0.29) is 5.54 Å². The van der Waals surface area contributed by atoms with Gasteiger partial charge in [-0.15, -0.1) is 0 Å². The topological polar surface area (TPSA) is 62.0 Å². The number of benzene rings is 1. The Labute approximate surface area is 101 Å². The molecule has 0 saturated heterocycles. The summed E-state index contributed by atoms with van der Waals surface area (Å²) in [6.07, 6.45) is 6.01. The molecule has 17 heavy (non-hydrogen) atoms. The Morgan fingerprint density at radius 3 is 2.88 bits per heavy atom. The van der Waals surface area contributed by atoms with Crippen molar-refractivity contribution >= 4 is 10.9 Å². The van der Waals surface area contributed by atoms with Gasteiger partial charge in [0, 0.05) is 22.6 Å². The molecular weight excluding hydrogens is 212 g/mol. The van der Waals surface area contributed by atoms with E-state index >= 15 is 0 Å². The average Bonchev–Trinajstić information content (AvgIpc) is 2.91. The third-order valence-corrected chi connectivity index (χ3v) is 3.88. The van der Waals surface area contributed by atoms with E-state index in [1.165, 1.54) is 0 Å². The van der Waals surface area contributed by atoms with Crippen molar-refractivity contribution in [2.75, 3.05) is 0 Å². The van der Waals surface area contributed by atoms with Crippen molar-refractivity contribution in [2.24, 2.45) is 5.73 Å². The highest BCUT2D eigenvalue weighted by Crippen LogP contribution is 2.38. The third-order valence-electron chi connectivity index (χ3n) is 3.88. The van der Waals surface area contributed by atoms with E-state index in [9.17, 15) is 5.11 Å². The molecule has 1 saturated carbocycles. The maximum atomic E-state index is 10.3. The van der Waals surface area contributed by atoms with Gasteiger partial charge in [-0.25, -0.2) is 0 Å². The van der Waals surface area contributed by atoms with Crippen LogP contribution in [0.5, 0.6) is 5.75 Å². The van der Waals surface area contributed by atoms with Crippen molar-refractivity contribution in [1.82, 2.24) is 4.98 Å². The van der Waals surface area contributed by atoms with Crippen molar-refractivity contribution in [3.8, 4) is 5.75 Å². The normalized spacial score (nSPS) is 17.5. The number of phenols is 1. The summed E-state index contributed by atoms with van der Waals surface area (Å²) in [7, 11) is 0. The lowest BCUT2D eigenvalue weighted by Crippen LogP contribution is -2.22. The van der Waals surface area contributed by atoms with Gasteiger partial charge in [0.15, 0.2) is 0 Å². The fraction of sp³-hybridized carbons (Fsp3) is 0.429. The summed E-state index contributed by atoms with van der Waals surface area (Å²) in [6, 6.07) is 4.03. The first-order valence-corrected chi connectivity index (χ1v) is 6.16. The van der Waals surface area contributed by atoms with Gasteiger partial charge in [-0.1, -0.05) is 6.07 Å². The highest BCUT2D eigenvalue weighted by molar-refractivity contribution is 5.90. The summed E-state index contributed by atoms with van der Waals surface area (Å²) < 4.78 is 0. The van der Waals surface area contributed by atoms with E-state index in [0.29, 0.717) is 5.75 Å². The number of nitrogens with two attached hydrogens (primary N) is 1. The molecule has 2 aromatic rings. The minimum atomic E-state index is 0.0502. The number of H-pyrrole nitrogens is 1. The molecule has 1 heterocycles. The van der Waals surface area contributed by atoms with Crippen LogP contribution in [0.2, 0.25) is 0 Å². The summed E-state index contributed by atoms with van der Waals surface area (Å²) in [4.78, 5) is 3.16. The Balaban J connectivity index is 1.93. The van der Waals surface area contributed by atoms with E-state index in [1.807, 2.05) is 25.3 Å². The lowest BCUT2D eigenvalue weighted by Gasteiger charge is -2.10. The Morgan fingerprint density at radius 2 is 2.18 bits per heavy atom. The zero-order chi connectivity index (χ0) is 12.0. The Morgan fingerprint density at radius 1 is 1.41 bits per heavy atom. The Bertz CT molecular complexity index is 567. The Hall–Kier alpha value is -1.48. The number of aromatic amines is 1. The van der Waals surface area contributed by atoms with Gasteiger partial charge in [0.25, 0.3) is 0 Å². The number of rotatable bonds is 3. The monoisotopic (exact) mass is 230 g/mol. The molecule has 3 nitrogen and oxygen atoms in total. The van der Waals surface area contributed by atoms with Gasteiger partial charge < -0.3 is 15.8 Å². The molecule has 1 aliphatic rings. The average molecular weight is 230 g/mol. The van der Waals surface area contributed by atoms with Crippen molar-refractivity contribution in [3.63, 3.8) is 0 Å². The zero-order valence-corrected chi connectivity index (χ0v) is 10.1. The second kappa shape index (κ2) is 3.50. The minimum absolute atomic E-state index is 0.0502. The van der Waals surface area contributed by atoms with Crippen molar-refractivity contribution in [2.45, 2.75) is 38.1 Å². The van der Waals surface area contributed by atoms with Crippen LogP contribution in [-0.4, -0.2) is 15.6 Å². The smallest absolute Gasteiger partial charge is 0.128 e. The number of fused-ring (bicyclic) bond motifs is 1. The molecular formula is C14H18N2O. The van der Waals surface area contributed by atoms with Crippen LogP contribution in [0.3, 0.4) is 0 Å². The van der Waals surface area contributed by atoms with E-state index in [0.717, 1.165) is 47.7 Å². The quantitative estimate of drug-likeness (QED) is 0.759. The molecule has 0 spiro atoms. The van der Waals surface area contributed by atoms with Crippen LogP contribution in [0.1, 0.15) is 30.4 Å². The number of hydrogen-bond acceptors (Lipinski definition) is 2. The molecule has 4 N–H and O–H groups in total. The lowest BCUT2D eigenvalue weighted by atomic mass is 10.0. The molecule has 0 aliphatic heterocycles. The van der Waals surface area contributed by atoms with Gasteiger partial charge in [0.1, 0.15) is 5.75 Å². The van der Waals surface area contributed by atoms with Crippen molar-refractivity contribution in [1.29, 1.82) is 0 Å². The van der Waals surface area contributed by atoms with Crippen LogP contribution >= 0.6 is 0 Å². The van der Waals surface area contributed by atoms with Gasteiger partial charge in [0.2, 0.25) is 0 Å². The SMILES string of the molecule is Cc1c[nH]c2ccc(CCC3(N)CC3)c(O)c12. The first-order chi connectivity index (χ1) is 8.09. The fourth-order valence-electron chi connectivity index (χ4n) is 2.41. The largest absolute Gasteiger partial charge is 0.507 e.